The predicted octanol–water partition coefficient (Wildman–Crippen LogP) is 3.65. The number of benzene rings is 1. The Labute approximate surface area is 136 Å². The molecule has 0 N–H and O–H groups in total. The smallest absolute Gasteiger partial charge is 0.410 e. The van der Waals surface area contributed by atoms with Gasteiger partial charge >= 0.3 is 6.09 Å². The first-order chi connectivity index (χ1) is 10.7. The number of para-hydroxylation sites is 1. The molecular formula is C18H22N2O3. The number of ether oxygens (including phenoxy) is 1. The topological polar surface area (TPSA) is 59.5 Å². The van der Waals surface area contributed by atoms with Crippen molar-refractivity contribution in [1.82, 2.24) is 9.88 Å². The first-order valence-electron chi connectivity index (χ1n) is 7.50. The monoisotopic (exact) mass is 314 g/mol. The molecule has 2 rings (SSSR count). The molecule has 1 amide bonds. The van der Waals surface area contributed by atoms with E-state index in [0.29, 0.717) is 0 Å². The SMILES string of the molecule is Cc1cc(C(C=O)N(C)C(=O)OC(C)(C)C)c2ccccc2n1. The molecule has 5 nitrogen and oxygen atoms in total. The van der Waals surface area contributed by atoms with Crippen LogP contribution in [-0.2, 0) is 9.53 Å². The number of rotatable bonds is 3. The van der Waals surface area contributed by atoms with Crippen LogP contribution in [0.1, 0.15) is 38.1 Å². The molecule has 0 bridgehead atoms. The van der Waals surface area contributed by atoms with Crippen LogP contribution in [0.2, 0.25) is 0 Å². The van der Waals surface area contributed by atoms with Crippen LogP contribution in [0, 0.1) is 6.92 Å². The van der Waals surface area contributed by atoms with Gasteiger partial charge in [-0.1, -0.05) is 18.2 Å². The van der Waals surface area contributed by atoms with Crippen molar-refractivity contribution in [3.8, 4) is 0 Å². The fourth-order valence-electron chi connectivity index (χ4n) is 2.41. The van der Waals surface area contributed by atoms with Crippen molar-refractivity contribution >= 4 is 23.3 Å². The zero-order valence-electron chi connectivity index (χ0n) is 14.2. The lowest BCUT2D eigenvalue weighted by atomic mass is 10.0. The van der Waals surface area contributed by atoms with Gasteiger partial charge in [0.25, 0.3) is 0 Å². The van der Waals surface area contributed by atoms with Crippen molar-refractivity contribution in [3.63, 3.8) is 0 Å². The number of hydrogen-bond acceptors (Lipinski definition) is 4. The Balaban J connectivity index is 2.45. The molecule has 0 radical (unpaired) electrons. The molecule has 1 heterocycles. The normalized spacial score (nSPS) is 12.7. The molecule has 1 atom stereocenters. The fourth-order valence-corrected chi connectivity index (χ4v) is 2.41. The van der Waals surface area contributed by atoms with E-state index >= 15 is 0 Å². The summed E-state index contributed by atoms with van der Waals surface area (Å²) in [5.41, 5.74) is 1.72. The van der Waals surface area contributed by atoms with Crippen molar-refractivity contribution in [1.29, 1.82) is 0 Å². The van der Waals surface area contributed by atoms with E-state index < -0.39 is 17.7 Å². The lowest BCUT2D eigenvalue weighted by Gasteiger charge is -2.28. The number of aryl methyl sites for hydroxylation is 1. The highest BCUT2D eigenvalue weighted by molar-refractivity contribution is 5.87. The average molecular weight is 314 g/mol. The quantitative estimate of drug-likeness (QED) is 0.811. The van der Waals surface area contributed by atoms with Gasteiger partial charge in [-0.25, -0.2) is 4.79 Å². The summed E-state index contributed by atoms with van der Waals surface area (Å²) >= 11 is 0. The molecule has 5 heteroatoms. The van der Waals surface area contributed by atoms with Crippen LogP contribution in [0.3, 0.4) is 0 Å². The molecule has 122 valence electrons. The zero-order chi connectivity index (χ0) is 17.2. The Bertz CT molecular complexity index is 735. The number of aldehydes is 1. The van der Waals surface area contributed by atoms with E-state index in [0.717, 1.165) is 28.4 Å². The first-order valence-corrected chi connectivity index (χ1v) is 7.50. The molecule has 2 aromatic rings. The average Bonchev–Trinajstić information content (AvgIpc) is 2.45. The third-order valence-electron chi connectivity index (χ3n) is 3.42. The Kier molecular flexibility index (Phi) is 4.68. The fraction of sp³-hybridized carbons (Fsp3) is 0.389. The molecule has 0 fully saturated rings. The summed E-state index contributed by atoms with van der Waals surface area (Å²) in [4.78, 5) is 29.8. The van der Waals surface area contributed by atoms with E-state index in [9.17, 15) is 9.59 Å². The minimum Gasteiger partial charge on any atom is -0.444 e. The van der Waals surface area contributed by atoms with Crippen LogP contribution < -0.4 is 0 Å². The van der Waals surface area contributed by atoms with E-state index in [-0.39, 0.29) is 0 Å². The maximum atomic E-state index is 12.3. The number of carbonyl (C=O) groups is 2. The number of fused-ring (bicyclic) bond motifs is 1. The molecule has 0 aliphatic heterocycles. The maximum absolute atomic E-state index is 12.3. The molecule has 1 aromatic carbocycles. The largest absolute Gasteiger partial charge is 0.444 e. The van der Waals surface area contributed by atoms with Crippen LogP contribution in [-0.4, -0.2) is 34.9 Å². The number of nitrogens with zero attached hydrogens (tertiary/aromatic N) is 2. The maximum Gasteiger partial charge on any atom is 0.410 e. The van der Waals surface area contributed by atoms with Gasteiger partial charge in [-0.2, -0.15) is 0 Å². The van der Waals surface area contributed by atoms with Gasteiger partial charge < -0.3 is 9.53 Å². The van der Waals surface area contributed by atoms with Gasteiger partial charge in [0.15, 0.2) is 0 Å². The lowest BCUT2D eigenvalue weighted by Crippen LogP contribution is -2.37. The molecule has 0 aliphatic carbocycles. The molecule has 0 aliphatic rings. The summed E-state index contributed by atoms with van der Waals surface area (Å²) in [6.07, 6.45) is 0.221. The summed E-state index contributed by atoms with van der Waals surface area (Å²) in [5, 5.41) is 0.852. The van der Waals surface area contributed by atoms with Crippen molar-refractivity contribution in [2.45, 2.75) is 39.3 Å². The minimum atomic E-state index is -0.726. The number of carbonyl (C=O) groups excluding carboxylic acids is 2. The lowest BCUT2D eigenvalue weighted by molar-refractivity contribution is -0.112. The van der Waals surface area contributed by atoms with Gasteiger partial charge in [0.2, 0.25) is 0 Å². The van der Waals surface area contributed by atoms with Gasteiger partial charge in [0, 0.05) is 18.1 Å². The molecule has 0 saturated carbocycles. The molecule has 1 aromatic heterocycles. The van der Waals surface area contributed by atoms with Crippen LogP contribution in [0.5, 0.6) is 0 Å². The highest BCUT2D eigenvalue weighted by Crippen LogP contribution is 2.27. The van der Waals surface area contributed by atoms with Gasteiger partial charge in [-0.3, -0.25) is 9.88 Å². The second-order valence-electron chi connectivity index (χ2n) is 6.54. The number of amides is 1. The Hall–Kier alpha value is -2.43. The highest BCUT2D eigenvalue weighted by Gasteiger charge is 2.27. The standard InChI is InChI=1S/C18H22N2O3/c1-12-10-14(13-8-6-7-9-15(13)19-12)16(11-21)20(5)17(22)23-18(2,3)4/h6-11,16H,1-5H3. The van der Waals surface area contributed by atoms with Gasteiger partial charge in [-0.15, -0.1) is 0 Å². The van der Waals surface area contributed by atoms with Crippen LogP contribution >= 0.6 is 0 Å². The Morgan fingerprint density at radius 3 is 2.57 bits per heavy atom. The van der Waals surface area contributed by atoms with E-state index in [1.807, 2.05) is 37.3 Å². The minimum absolute atomic E-state index is 0.534. The second-order valence-corrected chi connectivity index (χ2v) is 6.54. The van der Waals surface area contributed by atoms with Crippen LogP contribution in [0.15, 0.2) is 30.3 Å². The van der Waals surface area contributed by atoms with Crippen molar-refractivity contribution in [2.24, 2.45) is 0 Å². The third-order valence-corrected chi connectivity index (χ3v) is 3.42. The first kappa shape index (κ1) is 16.9. The van der Waals surface area contributed by atoms with Crippen LogP contribution in [0.25, 0.3) is 10.9 Å². The third kappa shape index (κ3) is 3.86. The molecule has 23 heavy (non-hydrogen) atoms. The summed E-state index contributed by atoms with van der Waals surface area (Å²) in [6.45, 7) is 7.24. The highest BCUT2D eigenvalue weighted by atomic mass is 16.6. The Morgan fingerprint density at radius 1 is 1.30 bits per heavy atom. The van der Waals surface area contributed by atoms with Gasteiger partial charge in [-0.05, 0) is 45.4 Å². The number of pyridine rings is 1. The summed E-state index contributed by atoms with van der Waals surface area (Å²) in [6, 6.07) is 8.68. The zero-order valence-corrected chi connectivity index (χ0v) is 14.2. The molecule has 0 saturated heterocycles. The van der Waals surface area contributed by atoms with Crippen molar-refractivity contribution in [2.75, 3.05) is 7.05 Å². The van der Waals surface area contributed by atoms with E-state index in [1.54, 1.807) is 27.8 Å². The van der Waals surface area contributed by atoms with Crippen molar-refractivity contribution < 1.29 is 14.3 Å². The summed E-state index contributed by atoms with van der Waals surface area (Å²) in [7, 11) is 1.57. The number of likely N-dealkylation sites (N-methyl/N-ethyl adjacent to an activating group) is 1. The second kappa shape index (κ2) is 6.36. The number of hydrogen-bond donors (Lipinski definition) is 0. The number of aromatic nitrogens is 1. The molecular weight excluding hydrogens is 292 g/mol. The molecule has 0 spiro atoms. The summed E-state index contributed by atoms with van der Waals surface area (Å²) in [5.74, 6) is 0. The van der Waals surface area contributed by atoms with Gasteiger partial charge in [0.1, 0.15) is 17.9 Å². The van der Waals surface area contributed by atoms with Crippen molar-refractivity contribution in [3.05, 3.63) is 41.6 Å². The van der Waals surface area contributed by atoms with E-state index in [1.165, 1.54) is 4.90 Å². The van der Waals surface area contributed by atoms with E-state index in [4.69, 9.17) is 4.74 Å². The van der Waals surface area contributed by atoms with Gasteiger partial charge in [0.05, 0.1) is 5.52 Å². The Morgan fingerprint density at radius 2 is 1.96 bits per heavy atom. The van der Waals surface area contributed by atoms with E-state index in [2.05, 4.69) is 4.98 Å². The predicted molar refractivity (Wildman–Crippen MR) is 89.3 cm³/mol. The van der Waals surface area contributed by atoms with Crippen LogP contribution in [0.4, 0.5) is 4.79 Å². The summed E-state index contributed by atoms with van der Waals surface area (Å²) < 4.78 is 5.36. The molecule has 1 unspecified atom stereocenters.